The summed E-state index contributed by atoms with van der Waals surface area (Å²) < 4.78 is 16.0. The molecule has 0 aliphatic heterocycles. The molecule has 0 spiro atoms. The van der Waals surface area contributed by atoms with Gasteiger partial charge in [0.05, 0.1) is 32.0 Å². The number of ether oxygens (including phenoxy) is 3. The summed E-state index contributed by atoms with van der Waals surface area (Å²) in [7, 11) is 3.09. The molecule has 0 aliphatic carbocycles. The fourth-order valence-corrected chi connectivity index (χ4v) is 2.56. The summed E-state index contributed by atoms with van der Waals surface area (Å²) in [6.45, 7) is 0.404. The van der Waals surface area contributed by atoms with Gasteiger partial charge in [0, 0.05) is 23.7 Å². The van der Waals surface area contributed by atoms with E-state index in [1.165, 1.54) is 7.11 Å². The summed E-state index contributed by atoms with van der Waals surface area (Å²) in [6.07, 6.45) is 1.74. The van der Waals surface area contributed by atoms with Crippen LogP contribution in [0.15, 0.2) is 54.7 Å². The highest BCUT2D eigenvalue weighted by atomic mass is 16.5. The van der Waals surface area contributed by atoms with Crippen LogP contribution in [0.25, 0.3) is 10.9 Å². The number of hydrogen-bond donors (Lipinski definition) is 2. The Balaban J connectivity index is 1.44. The van der Waals surface area contributed by atoms with Gasteiger partial charge < -0.3 is 24.8 Å². The molecule has 0 fully saturated rings. The van der Waals surface area contributed by atoms with Crippen LogP contribution in [0.4, 0.5) is 10.5 Å². The lowest BCUT2D eigenvalue weighted by molar-refractivity contribution is 0.253. The van der Waals surface area contributed by atoms with Crippen molar-refractivity contribution in [3.8, 4) is 29.1 Å². The number of amides is 2. The quantitative estimate of drug-likeness (QED) is 0.629. The van der Waals surface area contributed by atoms with Gasteiger partial charge in [0.2, 0.25) is 0 Å². The van der Waals surface area contributed by atoms with Crippen molar-refractivity contribution < 1.29 is 19.0 Å². The molecule has 0 saturated heterocycles. The first-order chi connectivity index (χ1) is 14.2. The maximum absolute atomic E-state index is 12.0. The average Bonchev–Trinajstić information content (AvgIpc) is 2.76. The molecule has 3 aromatic rings. The van der Waals surface area contributed by atoms with E-state index in [0.29, 0.717) is 22.9 Å². The normalized spacial score (nSPS) is 9.86. The fraction of sp³-hybridized carbons (Fsp3) is 0.182. The van der Waals surface area contributed by atoms with Gasteiger partial charge in [0.15, 0.2) is 0 Å². The van der Waals surface area contributed by atoms with Crippen molar-refractivity contribution in [2.24, 2.45) is 0 Å². The second-order valence-electron chi connectivity index (χ2n) is 5.87. The number of carbonyl (C=O) groups is 1. The van der Waals surface area contributed by atoms with Crippen molar-refractivity contribution in [2.75, 3.05) is 32.7 Å². The number of rotatable bonds is 6. The smallest absolute Gasteiger partial charge is 0.320 e. The molecule has 29 heavy (non-hydrogen) atoms. The molecule has 0 bridgehead atoms. The van der Waals surface area contributed by atoms with Crippen molar-refractivity contribution in [3.63, 3.8) is 0 Å². The van der Waals surface area contributed by atoms with Crippen LogP contribution >= 0.6 is 0 Å². The molecule has 1 aromatic heterocycles. The van der Waals surface area contributed by atoms with Crippen LogP contribution in [-0.2, 0) is 0 Å². The highest BCUT2D eigenvalue weighted by Gasteiger charge is 2.08. The monoisotopic (exact) mass is 391 g/mol. The van der Waals surface area contributed by atoms with Gasteiger partial charge in [0.25, 0.3) is 0 Å². The predicted octanol–water partition coefficient (Wildman–Crippen LogP) is 3.46. The zero-order valence-corrected chi connectivity index (χ0v) is 16.2. The Morgan fingerprint density at radius 3 is 2.72 bits per heavy atom. The van der Waals surface area contributed by atoms with Crippen LogP contribution in [0.1, 0.15) is 0 Å². The van der Waals surface area contributed by atoms with Gasteiger partial charge in [-0.3, -0.25) is 4.98 Å². The van der Waals surface area contributed by atoms with Crippen LogP contribution in [0, 0.1) is 11.8 Å². The molecular formula is C22H21N3O4. The lowest BCUT2D eigenvalue weighted by atomic mass is 10.2. The molecule has 1 heterocycles. The van der Waals surface area contributed by atoms with Gasteiger partial charge in [-0.2, -0.15) is 0 Å². The van der Waals surface area contributed by atoms with Gasteiger partial charge in [-0.25, -0.2) is 4.79 Å². The SMILES string of the molecule is COc1ccc(NC(=O)NCC#CCOc2ccc3cccnc3c2)c(OC)c1. The number of anilines is 1. The molecule has 2 aromatic carbocycles. The van der Waals surface area contributed by atoms with Crippen LogP contribution in [-0.4, -0.2) is 38.4 Å². The maximum Gasteiger partial charge on any atom is 0.320 e. The second kappa shape index (κ2) is 9.85. The first-order valence-electron chi connectivity index (χ1n) is 8.90. The van der Waals surface area contributed by atoms with E-state index in [2.05, 4.69) is 27.5 Å². The minimum Gasteiger partial charge on any atom is -0.497 e. The van der Waals surface area contributed by atoms with E-state index in [-0.39, 0.29) is 19.2 Å². The van der Waals surface area contributed by atoms with Crippen molar-refractivity contribution in [1.82, 2.24) is 10.3 Å². The van der Waals surface area contributed by atoms with Crippen molar-refractivity contribution in [2.45, 2.75) is 0 Å². The lowest BCUT2D eigenvalue weighted by Gasteiger charge is -2.11. The third-order valence-electron chi connectivity index (χ3n) is 4.01. The molecule has 0 radical (unpaired) electrons. The number of nitrogens with one attached hydrogen (secondary N) is 2. The first kappa shape index (κ1) is 19.8. The van der Waals surface area contributed by atoms with E-state index < -0.39 is 0 Å². The predicted molar refractivity (Wildman–Crippen MR) is 112 cm³/mol. The number of benzene rings is 2. The van der Waals surface area contributed by atoms with Crippen LogP contribution in [0.3, 0.4) is 0 Å². The number of pyridine rings is 1. The van der Waals surface area contributed by atoms with E-state index >= 15 is 0 Å². The number of fused-ring (bicyclic) bond motifs is 1. The number of hydrogen-bond acceptors (Lipinski definition) is 5. The zero-order valence-electron chi connectivity index (χ0n) is 16.2. The van der Waals surface area contributed by atoms with Gasteiger partial charge in [0.1, 0.15) is 23.9 Å². The van der Waals surface area contributed by atoms with Crippen molar-refractivity contribution >= 4 is 22.6 Å². The van der Waals surface area contributed by atoms with E-state index in [1.807, 2.05) is 30.3 Å². The Hall–Kier alpha value is -3.92. The average molecular weight is 391 g/mol. The Morgan fingerprint density at radius 1 is 1.03 bits per heavy atom. The third-order valence-corrected chi connectivity index (χ3v) is 4.01. The van der Waals surface area contributed by atoms with E-state index in [1.54, 1.807) is 31.5 Å². The summed E-state index contributed by atoms with van der Waals surface area (Å²) in [5.41, 5.74) is 1.40. The fourth-order valence-electron chi connectivity index (χ4n) is 2.56. The number of urea groups is 1. The molecule has 7 heteroatoms. The Bertz CT molecular complexity index is 1060. The van der Waals surface area contributed by atoms with Crippen LogP contribution in [0.2, 0.25) is 0 Å². The number of methoxy groups -OCH3 is 2. The zero-order chi connectivity index (χ0) is 20.5. The summed E-state index contributed by atoms with van der Waals surface area (Å²) in [5.74, 6) is 7.55. The molecular weight excluding hydrogens is 370 g/mol. The van der Waals surface area contributed by atoms with Crippen molar-refractivity contribution in [3.05, 3.63) is 54.7 Å². The van der Waals surface area contributed by atoms with E-state index in [4.69, 9.17) is 14.2 Å². The molecule has 0 atom stereocenters. The van der Waals surface area contributed by atoms with Crippen LogP contribution in [0.5, 0.6) is 17.2 Å². The molecule has 0 saturated carbocycles. The minimum atomic E-state index is -0.385. The number of nitrogens with zero attached hydrogens (tertiary/aromatic N) is 1. The molecule has 148 valence electrons. The number of aromatic nitrogens is 1. The standard InChI is InChI=1S/C22H21N3O4/c1-27-17-9-10-19(21(15-17)28-2)25-22(26)24-11-3-4-13-29-18-8-7-16-6-5-12-23-20(16)14-18/h5-10,12,14-15H,11,13H2,1-2H3,(H2,24,25,26). The first-order valence-corrected chi connectivity index (χ1v) is 8.90. The Morgan fingerprint density at radius 2 is 1.90 bits per heavy atom. The Kier molecular flexibility index (Phi) is 6.74. The van der Waals surface area contributed by atoms with E-state index in [9.17, 15) is 4.79 Å². The van der Waals surface area contributed by atoms with Gasteiger partial charge in [-0.05, 0) is 30.3 Å². The van der Waals surface area contributed by atoms with E-state index in [0.717, 1.165) is 10.9 Å². The lowest BCUT2D eigenvalue weighted by Crippen LogP contribution is -2.29. The van der Waals surface area contributed by atoms with Crippen molar-refractivity contribution in [1.29, 1.82) is 0 Å². The largest absolute Gasteiger partial charge is 0.497 e. The molecule has 7 nitrogen and oxygen atoms in total. The maximum atomic E-state index is 12.0. The molecule has 2 amide bonds. The third kappa shape index (κ3) is 5.53. The summed E-state index contributed by atoms with van der Waals surface area (Å²) in [6, 6.07) is 14.3. The Labute approximate surface area is 169 Å². The van der Waals surface area contributed by atoms with Gasteiger partial charge in [-0.1, -0.05) is 17.9 Å². The second-order valence-corrected chi connectivity index (χ2v) is 5.87. The highest BCUT2D eigenvalue weighted by molar-refractivity contribution is 5.91. The number of carbonyl (C=O) groups excluding carboxylic acids is 1. The van der Waals surface area contributed by atoms with Gasteiger partial charge in [-0.15, -0.1) is 0 Å². The summed E-state index contributed by atoms with van der Waals surface area (Å²) in [4.78, 5) is 16.3. The minimum absolute atomic E-state index is 0.187. The molecule has 0 unspecified atom stereocenters. The molecule has 2 N–H and O–H groups in total. The highest BCUT2D eigenvalue weighted by Crippen LogP contribution is 2.28. The molecule has 3 rings (SSSR count). The van der Waals surface area contributed by atoms with Crippen LogP contribution < -0.4 is 24.8 Å². The topological polar surface area (TPSA) is 81.7 Å². The summed E-state index contributed by atoms with van der Waals surface area (Å²) >= 11 is 0. The molecule has 0 aliphatic rings. The van der Waals surface area contributed by atoms with Gasteiger partial charge >= 0.3 is 6.03 Å². The summed E-state index contributed by atoms with van der Waals surface area (Å²) in [5, 5.41) is 6.42.